The maximum absolute atomic E-state index is 9.83. The fourth-order valence-electron chi connectivity index (χ4n) is 1.25. The zero-order valence-electron chi connectivity index (χ0n) is 8.63. The van der Waals surface area contributed by atoms with Crippen molar-refractivity contribution >= 4 is 27.5 Å². The molecule has 4 heteroatoms. The molecule has 0 saturated carbocycles. The van der Waals surface area contributed by atoms with Gasteiger partial charge in [0.15, 0.2) is 0 Å². The number of nitrogens with one attached hydrogen (secondary N) is 1. The largest absolute Gasteiger partial charge is 0.387 e. The van der Waals surface area contributed by atoms with Crippen molar-refractivity contribution in [2.75, 3.05) is 13.1 Å². The Morgan fingerprint density at radius 1 is 1.53 bits per heavy atom. The van der Waals surface area contributed by atoms with Gasteiger partial charge in [-0.2, -0.15) is 0 Å². The van der Waals surface area contributed by atoms with Crippen molar-refractivity contribution < 1.29 is 5.11 Å². The summed E-state index contributed by atoms with van der Waals surface area (Å²) in [4.78, 5) is 0. The van der Waals surface area contributed by atoms with E-state index in [1.807, 2.05) is 12.1 Å². The van der Waals surface area contributed by atoms with E-state index in [9.17, 15) is 5.11 Å². The quantitative estimate of drug-likeness (QED) is 0.817. The van der Waals surface area contributed by atoms with Crippen LogP contribution in [0.3, 0.4) is 0 Å². The van der Waals surface area contributed by atoms with Crippen molar-refractivity contribution in [3.05, 3.63) is 33.3 Å². The Morgan fingerprint density at radius 2 is 2.27 bits per heavy atom. The van der Waals surface area contributed by atoms with Crippen LogP contribution in [0, 0.1) is 0 Å². The molecule has 0 bridgehead atoms. The van der Waals surface area contributed by atoms with E-state index in [0.29, 0.717) is 11.6 Å². The first-order chi connectivity index (χ1) is 7.15. The molecule has 1 rings (SSSR count). The van der Waals surface area contributed by atoms with Gasteiger partial charge in [-0.1, -0.05) is 24.6 Å². The van der Waals surface area contributed by atoms with Gasteiger partial charge in [0.2, 0.25) is 0 Å². The summed E-state index contributed by atoms with van der Waals surface area (Å²) in [6.45, 7) is 3.57. The lowest BCUT2D eigenvalue weighted by Crippen LogP contribution is -2.22. The molecule has 0 aliphatic rings. The van der Waals surface area contributed by atoms with E-state index in [0.717, 1.165) is 23.0 Å². The van der Waals surface area contributed by atoms with E-state index in [1.54, 1.807) is 6.07 Å². The molecule has 0 amide bonds. The topological polar surface area (TPSA) is 32.3 Å². The fraction of sp³-hybridized carbons (Fsp3) is 0.455. The highest BCUT2D eigenvalue weighted by atomic mass is 79.9. The van der Waals surface area contributed by atoms with Crippen molar-refractivity contribution in [3.8, 4) is 0 Å². The molecule has 2 nitrogen and oxygen atoms in total. The van der Waals surface area contributed by atoms with E-state index in [-0.39, 0.29) is 0 Å². The summed E-state index contributed by atoms with van der Waals surface area (Å²) < 4.78 is 0.849. The van der Waals surface area contributed by atoms with Crippen molar-refractivity contribution in [1.29, 1.82) is 0 Å². The Kier molecular flexibility index (Phi) is 5.61. The predicted molar refractivity (Wildman–Crippen MR) is 67.3 cm³/mol. The van der Waals surface area contributed by atoms with Crippen LogP contribution in [0.15, 0.2) is 22.7 Å². The molecule has 1 atom stereocenters. The van der Waals surface area contributed by atoms with Gasteiger partial charge in [0.25, 0.3) is 0 Å². The van der Waals surface area contributed by atoms with E-state index in [4.69, 9.17) is 11.6 Å². The van der Waals surface area contributed by atoms with Crippen LogP contribution >= 0.6 is 27.5 Å². The van der Waals surface area contributed by atoms with Crippen LogP contribution in [0.25, 0.3) is 0 Å². The summed E-state index contributed by atoms with van der Waals surface area (Å²) in [6.07, 6.45) is 0.565. The Hall–Kier alpha value is -0.0900. The third kappa shape index (κ3) is 4.11. The molecule has 1 aromatic carbocycles. The second-order valence-electron chi connectivity index (χ2n) is 3.39. The van der Waals surface area contributed by atoms with E-state index >= 15 is 0 Å². The monoisotopic (exact) mass is 291 g/mol. The number of rotatable bonds is 5. The number of hydrogen-bond acceptors (Lipinski definition) is 2. The zero-order valence-corrected chi connectivity index (χ0v) is 11.0. The minimum Gasteiger partial charge on any atom is -0.387 e. The van der Waals surface area contributed by atoms with Crippen molar-refractivity contribution in [3.63, 3.8) is 0 Å². The lowest BCUT2D eigenvalue weighted by Gasteiger charge is -2.12. The molecule has 0 aromatic heterocycles. The fourth-order valence-corrected chi connectivity index (χ4v) is 1.69. The highest BCUT2D eigenvalue weighted by Crippen LogP contribution is 2.25. The molecule has 0 spiro atoms. The van der Waals surface area contributed by atoms with Gasteiger partial charge in [-0.15, -0.1) is 0 Å². The average Bonchev–Trinajstić information content (AvgIpc) is 2.22. The average molecular weight is 293 g/mol. The maximum atomic E-state index is 9.83. The molecule has 0 fully saturated rings. The summed E-state index contributed by atoms with van der Waals surface area (Å²) in [5.74, 6) is 0. The summed E-state index contributed by atoms with van der Waals surface area (Å²) in [5.41, 5.74) is 0.840. The van der Waals surface area contributed by atoms with Gasteiger partial charge in [0, 0.05) is 11.0 Å². The van der Waals surface area contributed by atoms with Crippen molar-refractivity contribution in [2.24, 2.45) is 0 Å². The molecule has 0 aliphatic carbocycles. The van der Waals surface area contributed by atoms with Gasteiger partial charge in [-0.25, -0.2) is 0 Å². The molecular formula is C11H15BrClNO. The Labute approximate surface area is 104 Å². The molecule has 0 radical (unpaired) electrons. The second kappa shape index (κ2) is 6.48. The van der Waals surface area contributed by atoms with E-state index in [2.05, 4.69) is 28.2 Å². The van der Waals surface area contributed by atoms with Gasteiger partial charge < -0.3 is 10.4 Å². The summed E-state index contributed by atoms with van der Waals surface area (Å²) >= 11 is 9.25. The van der Waals surface area contributed by atoms with Crippen LogP contribution in [0.1, 0.15) is 25.0 Å². The molecule has 2 N–H and O–H groups in total. The van der Waals surface area contributed by atoms with E-state index in [1.165, 1.54) is 0 Å². The summed E-state index contributed by atoms with van der Waals surface area (Å²) in [5, 5.41) is 13.6. The molecule has 1 unspecified atom stereocenters. The number of aliphatic hydroxyl groups is 1. The number of halogens is 2. The summed E-state index contributed by atoms with van der Waals surface area (Å²) in [6, 6.07) is 5.50. The molecule has 0 heterocycles. The number of hydrogen-bond donors (Lipinski definition) is 2. The first-order valence-electron chi connectivity index (χ1n) is 4.99. The third-order valence-corrected chi connectivity index (χ3v) is 3.33. The number of benzene rings is 1. The van der Waals surface area contributed by atoms with Gasteiger partial charge in [0.05, 0.1) is 11.1 Å². The van der Waals surface area contributed by atoms with Crippen molar-refractivity contribution in [1.82, 2.24) is 5.32 Å². The molecule has 15 heavy (non-hydrogen) atoms. The summed E-state index contributed by atoms with van der Waals surface area (Å²) in [7, 11) is 0. The van der Waals surface area contributed by atoms with Crippen LogP contribution in [0.5, 0.6) is 0 Å². The Morgan fingerprint density at radius 3 is 2.87 bits per heavy atom. The normalized spacial score (nSPS) is 12.8. The van der Waals surface area contributed by atoms with Gasteiger partial charge >= 0.3 is 0 Å². The minimum atomic E-state index is -0.498. The maximum Gasteiger partial charge on any atom is 0.0914 e. The molecular weight excluding hydrogens is 277 g/mol. The van der Waals surface area contributed by atoms with Crippen LogP contribution in [0.4, 0.5) is 0 Å². The number of aliphatic hydroxyl groups excluding tert-OH is 1. The van der Waals surface area contributed by atoms with Crippen LogP contribution in [0.2, 0.25) is 5.02 Å². The molecule has 1 aromatic rings. The highest BCUT2D eigenvalue weighted by Gasteiger charge is 2.08. The van der Waals surface area contributed by atoms with Gasteiger partial charge in [-0.3, -0.25) is 0 Å². The van der Waals surface area contributed by atoms with Gasteiger partial charge in [-0.05, 0) is 46.6 Å². The van der Waals surface area contributed by atoms with Crippen molar-refractivity contribution in [2.45, 2.75) is 19.4 Å². The lowest BCUT2D eigenvalue weighted by atomic mass is 10.1. The third-order valence-electron chi connectivity index (χ3n) is 2.09. The SMILES string of the molecule is CCCNCC(O)c1ccc(Br)c(Cl)c1. The first-order valence-corrected chi connectivity index (χ1v) is 6.16. The predicted octanol–water partition coefficient (Wildman–Crippen LogP) is 3.14. The minimum absolute atomic E-state index is 0.498. The van der Waals surface area contributed by atoms with Gasteiger partial charge in [0.1, 0.15) is 0 Å². The van der Waals surface area contributed by atoms with Crippen LogP contribution in [-0.2, 0) is 0 Å². The van der Waals surface area contributed by atoms with Crippen LogP contribution in [-0.4, -0.2) is 18.2 Å². The molecule has 0 aliphatic heterocycles. The van der Waals surface area contributed by atoms with Crippen LogP contribution < -0.4 is 5.32 Å². The Bertz CT molecular complexity index is 319. The standard InChI is InChI=1S/C11H15BrClNO/c1-2-5-14-7-11(15)8-3-4-9(12)10(13)6-8/h3-4,6,11,14-15H,2,5,7H2,1H3. The zero-order chi connectivity index (χ0) is 11.3. The van der Waals surface area contributed by atoms with E-state index < -0.39 is 6.10 Å². The molecule has 0 saturated heterocycles. The highest BCUT2D eigenvalue weighted by molar-refractivity contribution is 9.10. The smallest absolute Gasteiger partial charge is 0.0914 e. The molecule has 84 valence electrons. The lowest BCUT2D eigenvalue weighted by molar-refractivity contribution is 0.175. The first kappa shape index (κ1) is 13.0. The Balaban J connectivity index is 2.57. The second-order valence-corrected chi connectivity index (χ2v) is 4.66.